The number of fused-ring (bicyclic) bond motifs is 2. The van der Waals surface area contributed by atoms with Gasteiger partial charge in [0.05, 0.1) is 5.69 Å². The maximum absolute atomic E-state index is 15.4. The molecule has 194 valence electrons. The fraction of sp³-hybridized carbons (Fsp3) is 0.444. The molecule has 1 saturated carbocycles. The van der Waals surface area contributed by atoms with Crippen LogP contribution < -0.4 is 26.4 Å². The van der Waals surface area contributed by atoms with Crippen LogP contribution in [0.3, 0.4) is 0 Å². The van der Waals surface area contributed by atoms with E-state index in [1.54, 1.807) is 18.3 Å². The van der Waals surface area contributed by atoms with E-state index in [0.717, 1.165) is 56.4 Å². The van der Waals surface area contributed by atoms with E-state index in [-0.39, 0.29) is 11.8 Å². The van der Waals surface area contributed by atoms with E-state index in [1.807, 2.05) is 6.92 Å². The molecule has 2 aromatic heterocycles. The Labute approximate surface area is 214 Å². The Morgan fingerprint density at radius 2 is 2.03 bits per heavy atom. The highest BCUT2D eigenvalue weighted by Crippen LogP contribution is 2.46. The first-order valence-corrected chi connectivity index (χ1v) is 12.9. The van der Waals surface area contributed by atoms with Crippen molar-refractivity contribution in [3.8, 4) is 17.0 Å². The molecule has 6 rings (SSSR count). The Morgan fingerprint density at radius 1 is 1.19 bits per heavy atom. The third-order valence-electron chi connectivity index (χ3n) is 8.06. The molecule has 1 aliphatic carbocycles. The quantitative estimate of drug-likeness (QED) is 0.380. The van der Waals surface area contributed by atoms with Crippen molar-refractivity contribution in [2.45, 2.75) is 45.1 Å². The average molecular weight is 507 g/mol. The minimum Gasteiger partial charge on any atom is -0.474 e. The molecule has 0 bridgehead atoms. The van der Waals surface area contributed by atoms with Crippen molar-refractivity contribution in [1.29, 1.82) is 0 Å². The third kappa shape index (κ3) is 4.39. The predicted molar refractivity (Wildman–Crippen MR) is 140 cm³/mol. The van der Waals surface area contributed by atoms with Crippen LogP contribution in [0.4, 0.5) is 26.4 Å². The average Bonchev–Trinajstić information content (AvgIpc) is 3.28. The van der Waals surface area contributed by atoms with E-state index < -0.39 is 11.9 Å². The number of nitrogens with one attached hydrogen (secondary N) is 3. The lowest BCUT2D eigenvalue weighted by molar-refractivity contribution is 0.0985. The number of nitrogens with zero attached hydrogens (tertiary/aromatic N) is 2. The second-order valence-corrected chi connectivity index (χ2v) is 10.3. The number of halogens is 1. The lowest BCUT2D eigenvalue weighted by Gasteiger charge is -2.33. The highest BCUT2D eigenvalue weighted by Gasteiger charge is 2.41. The molecule has 3 aliphatic rings. The topological polar surface area (TPSA) is 123 Å². The zero-order chi connectivity index (χ0) is 25.6. The van der Waals surface area contributed by atoms with E-state index in [1.165, 1.54) is 6.20 Å². The first-order valence-electron chi connectivity index (χ1n) is 12.9. The fourth-order valence-corrected chi connectivity index (χ4v) is 6.01. The molecular formula is C27H31FN6O3. The van der Waals surface area contributed by atoms with Crippen LogP contribution in [-0.2, 0) is 4.74 Å². The highest BCUT2D eigenvalue weighted by molar-refractivity contribution is 5.99. The SMILES string of the molecule is Cc1c(-c2cc3cc(NC(=O)OC4CCC5(CCNCC5)C4)ncc3c(N)c2F)cnc2c1NCCO2. The lowest BCUT2D eigenvalue weighted by atomic mass is 9.77. The number of amides is 1. The minimum absolute atomic E-state index is 0.00585. The van der Waals surface area contributed by atoms with Gasteiger partial charge in [0, 0.05) is 35.5 Å². The molecule has 9 nitrogen and oxygen atoms in total. The van der Waals surface area contributed by atoms with Gasteiger partial charge in [0.15, 0.2) is 5.82 Å². The van der Waals surface area contributed by atoms with Gasteiger partial charge in [-0.1, -0.05) is 0 Å². The van der Waals surface area contributed by atoms with Crippen LogP contribution in [-0.4, -0.2) is 48.4 Å². The van der Waals surface area contributed by atoms with E-state index in [0.29, 0.717) is 52.2 Å². The predicted octanol–water partition coefficient (Wildman–Crippen LogP) is 4.60. The van der Waals surface area contributed by atoms with Gasteiger partial charge in [-0.2, -0.15) is 0 Å². The van der Waals surface area contributed by atoms with Gasteiger partial charge in [-0.15, -0.1) is 0 Å². The largest absolute Gasteiger partial charge is 0.474 e. The van der Waals surface area contributed by atoms with Gasteiger partial charge < -0.3 is 25.8 Å². The van der Waals surface area contributed by atoms with Crippen molar-refractivity contribution in [2.75, 3.05) is 42.6 Å². The summed E-state index contributed by atoms with van der Waals surface area (Å²) in [5.41, 5.74) is 8.97. The number of hydrogen-bond acceptors (Lipinski definition) is 8. The van der Waals surface area contributed by atoms with E-state index in [2.05, 4.69) is 25.9 Å². The number of ether oxygens (including phenoxy) is 2. The number of benzene rings is 1. The maximum Gasteiger partial charge on any atom is 0.413 e. The number of carbonyl (C=O) groups excluding carboxylic acids is 1. The summed E-state index contributed by atoms with van der Waals surface area (Å²) in [5, 5.41) is 10.5. The number of piperidine rings is 1. The first-order chi connectivity index (χ1) is 17.9. The molecule has 1 amide bonds. The molecule has 1 atom stereocenters. The van der Waals surface area contributed by atoms with Crippen LogP contribution in [0.2, 0.25) is 0 Å². The number of nitrogens with two attached hydrogens (primary N) is 1. The lowest BCUT2D eigenvalue weighted by Crippen LogP contribution is -2.35. The van der Waals surface area contributed by atoms with Crippen molar-refractivity contribution in [3.63, 3.8) is 0 Å². The van der Waals surface area contributed by atoms with Crippen molar-refractivity contribution < 1.29 is 18.7 Å². The summed E-state index contributed by atoms with van der Waals surface area (Å²) >= 11 is 0. The summed E-state index contributed by atoms with van der Waals surface area (Å²) in [7, 11) is 0. The molecule has 1 saturated heterocycles. The molecule has 37 heavy (non-hydrogen) atoms. The van der Waals surface area contributed by atoms with E-state index in [4.69, 9.17) is 15.2 Å². The molecule has 10 heteroatoms. The summed E-state index contributed by atoms with van der Waals surface area (Å²) in [4.78, 5) is 21.3. The van der Waals surface area contributed by atoms with Crippen molar-refractivity contribution in [3.05, 3.63) is 35.9 Å². The second kappa shape index (κ2) is 9.33. The standard InChI is InChI=1S/C27H31FN6O3/c1-15-19(13-33-25-24(15)31-8-9-36-25)18-10-16-11-21(32-14-20(16)23(29)22(18)28)34-26(35)37-17-2-3-27(12-17)4-6-30-7-5-27/h10-11,13-14,17,30-31H,2-9,12,29H2,1H3,(H,32,34,35). The second-order valence-electron chi connectivity index (χ2n) is 10.3. The van der Waals surface area contributed by atoms with Gasteiger partial charge in [0.25, 0.3) is 0 Å². The molecular weight excluding hydrogens is 475 g/mol. The number of carbonyl (C=O) groups is 1. The minimum atomic E-state index is -0.538. The van der Waals surface area contributed by atoms with Gasteiger partial charge >= 0.3 is 6.09 Å². The van der Waals surface area contributed by atoms with Crippen molar-refractivity contribution in [1.82, 2.24) is 15.3 Å². The Hall–Kier alpha value is -3.66. The van der Waals surface area contributed by atoms with Crippen LogP contribution in [0.25, 0.3) is 21.9 Å². The Kier molecular flexibility index (Phi) is 5.98. The molecule has 1 unspecified atom stereocenters. The zero-order valence-electron chi connectivity index (χ0n) is 20.8. The highest BCUT2D eigenvalue weighted by atomic mass is 19.1. The first kappa shape index (κ1) is 23.7. The van der Waals surface area contributed by atoms with Gasteiger partial charge in [-0.25, -0.2) is 19.2 Å². The number of anilines is 3. The van der Waals surface area contributed by atoms with Gasteiger partial charge in [0.2, 0.25) is 5.88 Å². The van der Waals surface area contributed by atoms with Crippen molar-refractivity contribution >= 4 is 34.1 Å². The van der Waals surface area contributed by atoms with Crippen molar-refractivity contribution in [2.24, 2.45) is 5.41 Å². The van der Waals surface area contributed by atoms with Crippen LogP contribution in [0.1, 0.15) is 37.7 Å². The van der Waals surface area contributed by atoms with E-state index >= 15 is 4.39 Å². The van der Waals surface area contributed by atoms with Crippen LogP contribution in [0, 0.1) is 18.2 Å². The Balaban J connectivity index is 1.24. The molecule has 1 aromatic carbocycles. The summed E-state index contributed by atoms with van der Waals surface area (Å²) in [5.74, 6) is 0.285. The zero-order valence-corrected chi connectivity index (χ0v) is 20.8. The molecule has 0 radical (unpaired) electrons. The molecule has 1 spiro atoms. The Bertz CT molecular complexity index is 1370. The number of hydrogen-bond donors (Lipinski definition) is 4. The van der Waals surface area contributed by atoms with Crippen LogP contribution in [0.5, 0.6) is 5.88 Å². The number of nitrogen functional groups attached to an aromatic ring is 1. The summed E-state index contributed by atoms with van der Waals surface area (Å²) in [6.45, 7) is 5.12. The smallest absolute Gasteiger partial charge is 0.413 e. The van der Waals surface area contributed by atoms with Gasteiger partial charge in [-0.05, 0) is 80.6 Å². The van der Waals surface area contributed by atoms with Crippen LogP contribution in [0.15, 0.2) is 24.5 Å². The van der Waals surface area contributed by atoms with Gasteiger partial charge in [0.1, 0.15) is 24.2 Å². The monoisotopic (exact) mass is 506 g/mol. The maximum atomic E-state index is 15.4. The number of pyridine rings is 2. The number of rotatable bonds is 3. The molecule has 3 aromatic rings. The normalized spacial score (nSPS) is 20.2. The third-order valence-corrected chi connectivity index (χ3v) is 8.06. The molecule has 2 aliphatic heterocycles. The van der Waals surface area contributed by atoms with Crippen LogP contribution >= 0.6 is 0 Å². The summed E-state index contributed by atoms with van der Waals surface area (Å²) in [6.07, 6.45) is 7.58. The molecule has 2 fully saturated rings. The number of aromatic nitrogens is 2. The van der Waals surface area contributed by atoms with E-state index in [9.17, 15) is 4.79 Å². The summed E-state index contributed by atoms with van der Waals surface area (Å²) in [6, 6.07) is 3.39. The van der Waals surface area contributed by atoms with Gasteiger partial charge in [-0.3, -0.25) is 5.32 Å². The Morgan fingerprint density at radius 3 is 2.86 bits per heavy atom. The fourth-order valence-electron chi connectivity index (χ4n) is 6.01. The molecule has 5 N–H and O–H groups in total. The summed E-state index contributed by atoms with van der Waals surface area (Å²) < 4.78 is 26.7. The molecule has 4 heterocycles.